The average Bonchev–Trinajstić information content (AvgIpc) is 2.63. The lowest BCUT2D eigenvalue weighted by molar-refractivity contribution is -0.111. The normalized spacial score (nSPS) is 14.6. The van der Waals surface area contributed by atoms with Gasteiger partial charge in [0.25, 0.3) is 0 Å². The van der Waals surface area contributed by atoms with Crippen LogP contribution in [0.4, 0.5) is 0 Å². The second-order valence-electron chi connectivity index (χ2n) is 5.48. The fourth-order valence-electron chi connectivity index (χ4n) is 2.22. The van der Waals surface area contributed by atoms with Gasteiger partial charge in [-0.1, -0.05) is 48.5 Å². The summed E-state index contributed by atoms with van der Waals surface area (Å²) in [6.07, 6.45) is -2.79. The molecule has 128 valence electrons. The van der Waals surface area contributed by atoms with Gasteiger partial charge in [-0.15, -0.1) is 0 Å². The predicted octanol–water partition coefficient (Wildman–Crippen LogP) is 2.17. The van der Waals surface area contributed by atoms with E-state index < -0.39 is 24.3 Å². The van der Waals surface area contributed by atoms with Gasteiger partial charge in [0.15, 0.2) is 0 Å². The molecular formula is C19H22O5. The van der Waals surface area contributed by atoms with Crippen molar-refractivity contribution in [3.05, 3.63) is 71.8 Å². The van der Waals surface area contributed by atoms with E-state index in [0.29, 0.717) is 5.56 Å². The van der Waals surface area contributed by atoms with E-state index in [2.05, 4.69) is 0 Å². The SMILES string of the molecule is C[C@@H](OC(=O)c1ccccc1)[C@@H](O)[C@@H](CO)OCc1ccccc1. The summed E-state index contributed by atoms with van der Waals surface area (Å²) in [5.74, 6) is -0.526. The average molecular weight is 330 g/mol. The van der Waals surface area contributed by atoms with Gasteiger partial charge in [0.2, 0.25) is 0 Å². The maximum Gasteiger partial charge on any atom is 0.338 e. The van der Waals surface area contributed by atoms with E-state index in [1.54, 1.807) is 37.3 Å². The number of hydrogen-bond acceptors (Lipinski definition) is 5. The fourth-order valence-corrected chi connectivity index (χ4v) is 2.22. The van der Waals surface area contributed by atoms with Crippen LogP contribution in [0.2, 0.25) is 0 Å². The Morgan fingerprint density at radius 1 is 1.04 bits per heavy atom. The Hall–Kier alpha value is -2.21. The van der Waals surface area contributed by atoms with E-state index in [0.717, 1.165) is 5.56 Å². The highest BCUT2D eigenvalue weighted by Crippen LogP contribution is 2.13. The molecule has 24 heavy (non-hydrogen) atoms. The molecule has 2 aromatic rings. The summed E-state index contributed by atoms with van der Waals surface area (Å²) in [5.41, 5.74) is 1.33. The monoisotopic (exact) mass is 330 g/mol. The van der Waals surface area contributed by atoms with E-state index >= 15 is 0 Å². The Kier molecular flexibility index (Phi) is 6.93. The maximum absolute atomic E-state index is 12.0. The van der Waals surface area contributed by atoms with Gasteiger partial charge in [0, 0.05) is 0 Å². The highest BCUT2D eigenvalue weighted by molar-refractivity contribution is 5.89. The predicted molar refractivity (Wildman–Crippen MR) is 89.4 cm³/mol. The van der Waals surface area contributed by atoms with Crippen LogP contribution in [0.3, 0.4) is 0 Å². The van der Waals surface area contributed by atoms with Crippen molar-refractivity contribution in [2.24, 2.45) is 0 Å². The maximum atomic E-state index is 12.0. The summed E-state index contributed by atoms with van der Waals surface area (Å²) in [4.78, 5) is 12.0. The number of aliphatic hydroxyl groups is 2. The van der Waals surface area contributed by atoms with Crippen molar-refractivity contribution in [2.45, 2.75) is 31.8 Å². The third-order valence-corrected chi connectivity index (χ3v) is 3.65. The molecule has 0 unspecified atom stereocenters. The Morgan fingerprint density at radius 2 is 1.62 bits per heavy atom. The lowest BCUT2D eigenvalue weighted by atomic mass is 10.1. The van der Waals surface area contributed by atoms with Crippen LogP contribution in [-0.2, 0) is 16.1 Å². The third kappa shape index (κ3) is 5.16. The van der Waals surface area contributed by atoms with Crippen LogP contribution in [0.25, 0.3) is 0 Å². The number of rotatable bonds is 8. The molecule has 0 amide bonds. The molecule has 0 saturated carbocycles. The summed E-state index contributed by atoms with van der Waals surface area (Å²) in [6.45, 7) is 1.45. The molecule has 3 atom stereocenters. The first-order valence-electron chi connectivity index (χ1n) is 7.82. The quantitative estimate of drug-likeness (QED) is 0.726. The fraction of sp³-hybridized carbons (Fsp3) is 0.316. The minimum absolute atomic E-state index is 0.252. The second-order valence-corrected chi connectivity index (χ2v) is 5.48. The third-order valence-electron chi connectivity index (χ3n) is 3.65. The van der Waals surface area contributed by atoms with Crippen LogP contribution >= 0.6 is 0 Å². The van der Waals surface area contributed by atoms with Crippen LogP contribution < -0.4 is 0 Å². The molecule has 0 aliphatic rings. The minimum Gasteiger partial charge on any atom is -0.456 e. The molecule has 0 bridgehead atoms. The summed E-state index contributed by atoms with van der Waals surface area (Å²) < 4.78 is 10.8. The molecule has 0 spiro atoms. The number of benzene rings is 2. The minimum atomic E-state index is -1.13. The zero-order valence-electron chi connectivity index (χ0n) is 13.5. The van der Waals surface area contributed by atoms with Crippen LogP contribution in [0.15, 0.2) is 60.7 Å². The van der Waals surface area contributed by atoms with Gasteiger partial charge in [-0.3, -0.25) is 0 Å². The van der Waals surface area contributed by atoms with E-state index in [1.807, 2.05) is 30.3 Å². The van der Waals surface area contributed by atoms with Gasteiger partial charge in [-0.2, -0.15) is 0 Å². The Bertz CT molecular complexity index is 614. The van der Waals surface area contributed by atoms with Gasteiger partial charge in [0.05, 0.1) is 18.8 Å². The van der Waals surface area contributed by atoms with Crippen LogP contribution in [0.1, 0.15) is 22.8 Å². The van der Waals surface area contributed by atoms with Crippen molar-refractivity contribution >= 4 is 5.97 Å². The molecular weight excluding hydrogens is 308 g/mol. The van der Waals surface area contributed by atoms with E-state index in [9.17, 15) is 15.0 Å². The highest BCUT2D eigenvalue weighted by atomic mass is 16.6. The van der Waals surface area contributed by atoms with Crippen LogP contribution in [0.5, 0.6) is 0 Å². The molecule has 2 aromatic carbocycles. The second kappa shape index (κ2) is 9.17. The van der Waals surface area contributed by atoms with Crippen LogP contribution in [-0.4, -0.2) is 41.1 Å². The lowest BCUT2D eigenvalue weighted by Crippen LogP contribution is -2.42. The summed E-state index contributed by atoms with van der Waals surface area (Å²) >= 11 is 0. The summed E-state index contributed by atoms with van der Waals surface area (Å²) in [6, 6.07) is 18.0. The molecule has 2 rings (SSSR count). The van der Waals surface area contributed by atoms with Crippen molar-refractivity contribution in [3.8, 4) is 0 Å². The van der Waals surface area contributed by atoms with Crippen molar-refractivity contribution in [1.82, 2.24) is 0 Å². The number of ether oxygens (including phenoxy) is 2. The Labute approximate surface area is 141 Å². The van der Waals surface area contributed by atoms with Gasteiger partial charge < -0.3 is 19.7 Å². The number of aliphatic hydroxyl groups excluding tert-OH is 2. The molecule has 0 heterocycles. The lowest BCUT2D eigenvalue weighted by Gasteiger charge is -2.26. The number of esters is 1. The molecule has 5 heteroatoms. The van der Waals surface area contributed by atoms with E-state index in [4.69, 9.17) is 9.47 Å². The Balaban J connectivity index is 1.89. The molecule has 0 radical (unpaired) electrons. The van der Waals surface area contributed by atoms with E-state index in [-0.39, 0.29) is 13.2 Å². The highest BCUT2D eigenvalue weighted by Gasteiger charge is 2.28. The molecule has 0 fully saturated rings. The Morgan fingerprint density at radius 3 is 2.21 bits per heavy atom. The van der Waals surface area contributed by atoms with Gasteiger partial charge in [-0.05, 0) is 24.6 Å². The van der Waals surface area contributed by atoms with Gasteiger partial charge in [-0.25, -0.2) is 4.79 Å². The summed E-state index contributed by atoms with van der Waals surface area (Å²) in [7, 11) is 0. The molecule has 0 aromatic heterocycles. The zero-order chi connectivity index (χ0) is 17.4. The molecule has 2 N–H and O–H groups in total. The first-order valence-corrected chi connectivity index (χ1v) is 7.82. The number of carbonyl (C=O) groups excluding carboxylic acids is 1. The summed E-state index contributed by atoms with van der Waals surface area (Å²) in [5, 5.41) is 19.7. The molecule has 5 nitrogen and oxygen atoms in total. The standard InChI is InChI=1S/C19H22O5/c1-14(24-19(22)16-10-6-3-7-11-16)18(21)17(12-20)23-13-15-8-4-2-5-9-15/h2-11,14,17-18,20-21H,12-13H2,1H3/t14-,17-,18-/m1/s1. The van der Waals surface area contributed by atoms with Crippen molar-refractivity contribution in [3.63, 3.8) is 0 Å². The molecule has 0 aliphatic carbocycles. The number of hydrogen-bond donors (Lipinski definition) is 2. The van der Waals surface area contributed by atoms with Gasteiger partial charge >= 0.3 is 5.97 Å². The van der Waals surface area contributed by atoms with Crippen molar-refractivity contribution in [2.75, 3.05) is 6.61 Å². The molecule has 0 aliphatic heterocycles. The van der Waals surface area contributed by atoms with Crippen molar-refractivity contribution in [1.29, 1.82) is 0 Å². The van der Waals surface area contributed by atoms with Gasteiger partial charge in [0.1, 0.15) is 18.3 Å². The zero-order valence-corrected chi connectivity index (χ0v) is 13.5. The largest absolute Gasteiger partial charge is 0.456 e. The van der Waals surface area contributed by atoms with Crippen molar-refractivity contribution < 1.29 is 24.5 Å². The topological polar surface area (TPSA) is 76.0 Å². The number of carbonyl (C=O) groups is 1. The van der Waals surface area contributed by atoms with Crippen LogP contribution in [0, 0.1) is 0 Å². The first kappa shape index (κ1) is 18.1. The van der Waals surface area contributed by atoms with E-state index in [1.165, 1.54) is 0 Å². The molecule has 0 saturated heterocycles. The smallest absolute Gasteiger partial charge is 0.338 e. The first-order chi connectivity index (χ1) is 11.6.